The van der Waals surface area contributed by atoms with Gasteiger partial charge in [0.15, 0.2) is 0 Å². The van der Waals surface area contributed by atoms with E-state index < -0.39 is 6.10 Å². The fourth-order valence-corrected chi connectivity index (χ4v) is 2.92. The van der Waals surface area contributed by atoms with Crippen LogP contribution < -0.4 is 16.2 Å². The number of carbonyl (C=O) groups is 1. The molecule has 1 heterocycles. The second kappa shape index (κ2) is 8.03. The fourth-order valence-electron chi connectivity index (χ4n) is 2.92. The zero-order valence-corrected chi connectivity index (χ0v) is 14.8. The van der Waals surface area contributed by atoms with Gasteiger partial charge in [-0.25, -0.2) is 0 Å². The number of anilines is 1. The number of hydrogen-bond acceptors (Lipinski definition) is 5. The number of fused-ring (bicyclic) bond motifs is 1. The molecule has 2 aromatic carbocycles. The molecule has 1 atom stereocenters. The van der Waals surface area contributed by atoms with Gasteiger partial charge in [0.2, 0.25) is 11.5 Å². The Labute approximate surface area is 155 Å². The van der Waals surface area contributed by atoms with E-state index in [0.717, 1.165) is 11.3 Å². The first-order valence-corrected chi connectivity index (χ1v) is 8.54. The minimum Gasteiger partial charge on any atom is -0.506 e. The summed E-state index contributed by atoms with van der Waals surface area (Å²) in [6.07, 6.45) is -0.808. The van der Waals surface area contributed by atoms with E-state index in [1.54, 1.807) is 12.1 Å². The van der Waals surface area contributed by atoms with Crippen LogP contribution in [0.15, 0.2) is 53.3 Å². The molecule has 7 nitrogen and oxygen atoms in total. The van der Waals surface area contributed by atoms with Crippen LogP contribution in [0, 0.1) is 0 Å². The van der Waals surface area contributed by atoms with Crippen LogP contribution in [0.3, 0.4) is 0 Å². The van der Waals surface area contributed by atoms with Crippen molar-refractivity contribution in [1.82, 2.24) is 10.3 Å². The third-order valence-corrected chi connectivity index (χ3v) is 4.21. The Morgan fingerprint density at radius 2 is 1.85 bits per heavy atom. The molecular weight excluding hydrogens is 346 g/mol. The minimum absolute atomic E-state index is 0.0362. The van der Waals surface area contributed by atoms with Gasteiger partial charge in [0.25, 0.3) is 0 Å². The van der Waals surface area contributed by atoms with Gasteiger partial charge < -0.3 is 25.8 Å². The number of benzene rings is 2. The predicted molar refractivity (Wildman–Crippen MR) is 104 cm³/mol. The Kier molecular flexibility index (Phi) is 5.54. The first kappa shape index (κ1) is 18.6. The number of aliphatic hydroxyl groups is 1. The van der Waals surface area contributed by atoms with E-state index in [4.69, 9.17) is 0 Å². The molecule has 0 saturated heterocycles. The average molecular weight is 367 g/mol. The number of rotatable bonds is 6. The van der Waals surface area contributed by atoms with Crippen LogP contribution in [-0.4, -0.2) is 27.6 Å². The van der Waals surface area contributed by atoms with Crippen molar-refractivity contribution in [3.05, 3.63) is 70.0 Å². The smallest absolute Gasteiger partial charge is 0.248 e. The monoisotopic (exact) mass is 367 g/mol. The minimum atomic E-state index is -0.808. The summed E-state index contributed by atoms with van der Waals surface area (Å²) in [4.78, 5) is 25.1. The van der Waals surface area contributed by atoms with Crippen LogP contribution in [0.1, 0.15) is 24.2 Å². The highest BCUT2D eigenvalue weighted by Gasteiger charge is 2.13. The van der Waals surface area contributed by atoms with Crippen LogP contribution in [-0.2, 0) is 11.3 Å². The lowest BCUT2D eigenvalue weighted by Gasteiger charge is -2.15. The number of phenolic OH excluding ortho intramolecular Hbond substituents is 1. The first-order chi connectivity index (χ1) is 12.9. The summed E-state index contributed by atoms with van der Waals surface area (Å²) in [6.45, 7) is 2.30. The number of amides is 1. The van der Waals surface area contributed by atoms with Crippen molar-refractivity contribution in [3.8, 4) is 5.75 Å². The molecule has 1 aromatic heterocycles. The van der Waals surface area contributed by atoms with Crippen molar-refractivity contribution in [2.24, 2.45) is 0 Å². The average Bonchev–Trinajstić information content (AvgIpc) is 2.63. The highest BCUT2D eigenvalue weighted by Crippen LogP contribution is 2.28. The summed E-state index contributed by atoms with van der Waals surface area (Å²) >= 11 is 0. The van der Waals surface area contributed by atoms with Crippen LogP contribution in [0.5, 0.6) is 5.75 Å². The molecule has 7 heteroatoms. The zero-order chi connectivity index (χ0) is 19.4. The summed E-state index contributed by atoms with van der Waals surface area (Å²) in [5, 5.41) is 26.9. The zero-order valence-electron chi connectivity index (χ0n) is 14.8. The molecule has 1 amide bonds. The van der Waals surface area contributed by atoms with Gasteiger partial charge in [-0.2, -0.15) is 0 Å². The van der Waals surface area contributed by atoms with E-state index in [1.807, 2.05) is 24.3 Å². The highest BCUT2D eigenvalue weighted by atomic mass is 16.3. The lowest BCUT2D eigenvalue weighted by atomic mass is 10.0. The highest BCUT2D eigenvalue weighted by molar-refractivity contribution is 5.88. The van der Waals surface area contributed by atoms with Crippen LogP contribution in [0.2, 0.25) is 0 Å². The van der Waals surface area contributed by atoms with Gasteiger partial charge in [-0.15, -0.1) is 0 Å². The molecule has 0 aliphatic heterocycles. The molecule has 0 saturated carbocycles. The van der Waals surface area contributed by atoms with Gasteiger partial charge in [-0.05, 0) is 35.4 Å². The molecule has 0 fully saturated rings. The van der Waals surface area contributed by atoms with Gasteiger partial charge in [-0.1, -0.05) is 18.2 Å². The van der Waals surface area contributed by atoms with E-state index in [1.165, 1.54) is 19.1 Å². The largest absolute Gasteiger partial charge is 0.506 e. The number of carbonyl (C=O) groups excluding carboxylic acids is 1. The van der Waals surface area contributed by atoms with Gasteiger partial charge in [0.1, 0.15) is 5.75 Å². The lowest BCUT2D eigenvalue weighted by molar-refractivity contribution is -0.114. The summed E-state index contributed by atoms with van der Waals surface area (Å²) in [5.74, 6) is -0.155. The molecule has 0 radical (unpaired) electrons. The molecular formula is C20H21N3O4. The van der Waals surface area contributed by atoms with Crippen molar-refractivity contribution in [2.45, 2.75) is 19.6 Å². The molecule has 0 unspecified atom stereocenters. The Morgan fingerprint density at radius 1 is 1.11 bits per heavy atom. The van der Waals surface area contributed by atoms with E-state index in [2.05, 4.69) is 15.6 Å². The van der Waals surface area contributed by atoms with Crippen LogP contribution >= 0.6 is 0 Å². The second-order valence-corrected chi connectivity index (χ2v) is 6.31. The second-order valence-electron chi connectivity index (χ2n) is 6.31. The van der Waals surface area contributed by atoms with Gasteiger partial charge >= 0.3 is 0 Å². The molecule has 140 valence electrons. The number of pyridine rings is 1. The standard InChI is InChI=1S/C20H21N3O4/c1-12(24)22-14-4-2-13(3-5-14)10-21-11-18(26)15-6-8-17(25)20-16(15)7-9-19(27)23-20/h2-9,18,21,25-26H,10-11H2,1H3,(H,22,24)(H,23,27)/t18-/m0/s1. The SMILES string of the molecule is CC(=O)Nc1ccc(CNC[C@H](O)c2ccc(O)c3[nH]c(=O)ccc23)cc1. The number of aliphatic hydroxyl groups excluding tert-OH is 1. The molecule has 3 rings (SSSR count). The normalized spacial score (nSPS) is 12.1. The summed E-state index contributed by atoms with van der Waals surface area (Å²) in [5.41, 5.74) is 2.36. The molecule has 0 aliphatic carbocycles. The van der Waals surface area contributed by atoms with E-state index in [-0.39, 0.29) is 17.2 Å². The molecule has 5 N–H and O–H groups in total. The number of aromatic nitrogens is 1. The van der Waals surface area contributed by atoms with Crippen molar-refractivity contribution >= 4 is 22.5 Å². The maximum atomic E-state index is 11.5. The number of nitrogens with one attached hydrogen (secondary N) is 3. The van der Waals surface area contributed by atoms with Crippen LogP contribution in [0.25, 0.3) is 10.9 Å². The molecule has 0 aliphatic rings. The summed E-state index contributed by atoms with van der Waals surface area (Å²) in [6, 6.07) is 13.5. The molecule has 0 bridgehead atoms. The Morgan fingerprint density at radius 3 is 2.56 bits per heavy atom. The van der Waals surface area contributed by atoms with E-state index in [0.29, 0.717) is 29.6 Å². The number of hydrogen-bond donors (Lipinski definition) is 5. The van der Waals surface area contributed by atoms with Gasteiger partial charge in [-0.3, -0.25) is 9.59 Å². The Balaban J connectivity index is 1.65. The van der Waals surface area contributed by atoms with Crippen molar-refractivity contribution in [3.63, 3.8) is 0 Å². The summed E-state index contributed by atoms with van der Waals surface area (Å²) < 4.78 is 0. The van der Waals surface area contributed by atoms with Gasteiger partial charge in [0.05, 0.1) is 11.6 Å². The summed E-state index contributed by atoms with van der Waals surface area (Å²) in [7, 11) is 0. The fraction of sp³-hybridized carbons (Fsp3) is 0.200. The van der Waals surface area contributed by atoms with Crippen LogP contribution in [0.4, 0.5) is 5.69 Å². The Bertz CT molecular complexity index is 1010. The van der Waals surface area contributed by atoms with Crippen molar-refractivity contribution in [2.75, 3.05) is 11.9 Å². The maximum absolute atomic E-state index is 11.5. The molecule has 27 heavy (non-hydrogen) atoms. The topological polar surface area (TPSA) is 114 Å². The van der Waals surface area contributed by atoms with Crippen molar-refractivity contribution in [1.29, 1.82) is 0 Å². The number of aromatic hydroxyl groups is 1. The maximum Gasteiger partial charge on any atom is 0.248 e. The third-order valence-electron chi connectivity index (χ3n) is 4.21. The van der Waals surface area contributed by atoms with Gasteiger partial charge in [0, 0.05) is 37.2 Å². The molecule has 0 spiro atoms. The van der Waals surface area contributed by atoms with E-state index in [9.17, 15) is 19.8 Å². The Hall–Kier alpha value is -3.16. The first-order valence-electron chi connectivity index (χ1n) is 8.54. The van der Waals surface area contributed by atoms with Crippen molar-refractivity contribution < 1.29 is 15.0 Å². The molecule has 3 aromatic rings. The number of aromatic amines is 1. The number of phenols is 1. The van der Waals surface area contributed by atoms with E-state index >= 15 is 0 Å². The lowest BCUT2D eigenvalue weighted by Crippen LogP contribution is -2.21. The number of H-pyrrole nitrogens is 1. The predicted octanol–water partition coefficient (Wildman–Crippen LogP) is 2.02. The third kappa shape index (κ3) is 4.52. The quantitative estimate of drug-likeness (QED) is 0.457.